The molecule has 0 aliphatic carbocycles. The number of ketones is 1. The van der Waals surface area contributed by atoms with Gasteiger partial charge < -0.3 is 9.30 Å². The van der Waals surface area contributed by atoms with Crippen LogP contribution in [-0.2, 0) is 24.4 Å². The number of hydrogen-bond donors (Lipinski definition) is 0. The van der Waals surface area contributed by atoms with Crippen molar-refractivity contribution in [3.8, 4) is 27.4 Å². The molecule has 0 saturated carbocycles. The molecule has 0 fully saturated rings. The molecule has 8 nitrogen and oxygen atoms in total. The smallest absolute Gasteiger partial charge is 0.445 e. The number of fused-ring (bicyclic) bond motifs is 1. The van der Waals surface area contributed by atoms with Gasteiger partial charge in [0.25, 0.3) is 5.56 Å². The molecule has 0 aliphatic heterocycles. The third-order valence-corrected chi connectivity index (χ3v) is 7.83. The van der Waals surface area contributed by atoms with Gasteiger partial charge >= 0.3 is 6.18 Å². The minimum absolute atomic E-state index is 0.00224. The number of benzene rings is 2. The lowest BCUT2D eigenvalue weighted by Crippen LogP contribution is -2.30. The van der Waals surface area contributed by atoms with Crippen molar-refractivity contribution in [2.45, 2.75) is 32.0 Å². The van der Waals surface area contributed by atoms with Gasteiger partial charge in [0, 0.05) is 47.3 Å². The number of nitrogens with zero attached hydrogens (tertiary/aromatic N) is 5. The molecule has 2 aromatic carbocycles. The molecule has 0 amide bonds. The zero-order valence-corrected chi connectivity index (χ0v) is 23.6. The first-order chi connectivity index (χ1) is 19.5. The fourth-order valence-corrected chi connectivity index (χ4v) is 5.65. The first-order valence-electron chi connectivity index (χ1n) is 12.4. The summed E-state index contributed by atoms with van der Waals surface area (Å²) >= 11 is 6.62. The monoisotopic (exact) mass is 601 g/mol. The first kappa shape index (κ1) is 28.5. The van der Waals surface area contributed by atoms with Crippen LogP contribution in [0.3, 0.4) is 0 Å². The molecule has 1 atom stereocenters. The number of carbonyl (C=O) groups excluding carboxylic acids is 1. The van der Waals surface area contributed by atoms with Crippen LogP contribution in [0.25, 0.3) is 32.6 Å². The molecule has 13 heteroatoms. The Morgan fingerprint density at radius 2 is 1.85 bits per heavy atom. The molecule has 41 heavy (non-hydrogen) atoms. The predicted octanol–water partition coefficient (Wildman–Crippen LogP) is 6.36. The number of Topliss-reactive ketones (excluding diaryl/α,β-unsaturated/α-hetero) is 1. The second-order valence-electron chi connectivity index (χ2n) is 9.36. The molecule has 5 rings (SSSR count). The van der Waals surface area contributed by atoms with Crippen LogP contribution in [0.4, 0.5) is 13.2 Å². The summed E-state index contributed by atoms with van der Waals surface area (Å²) in [6.07, 6.45) is -0.878. The maximum absolute atomic E-state index is 13.4. The van der Waals surface area contributed by atoms with Gasteiger partial charge in [-0.2, -0.15) is 18.3 Å². The molecular weight excluding hydrogens is 579 g/mol. The summed E-state index contributed by atoms with van der Waals surface area (Å²) in [5.41, 5.74) is 2.06. The van der Waals surface area contributed by atoms with E-state index < -0.39 is 22.8 Å². The number of alkyl halides is 3. The quantitative estimate of drug-likeness (QED) is 0.205. The van der Waals surface area contributed by atoms with E-state index in [1.54, 1.807) is 4.68 Å². The summed E-state index contributed by atoms with van der Waals surface area (Å²) in [5, 5.41) is 11.4. The predicted molar refractivity (Wildman–Crippen MR) is 150 cm³/mol. The minimum Gasteiger partial charge on any atom is -0.495 e. The third kappa shape index (κ3) is 5.75. The number of aryl methyl sites for hydroxylation is 1. The van der Waals surface area contributed by atoms with Gasteiger partial charge in [0.2, 0.25) is 5.01 Å². The molecular formula is C28H23ClF3N5O3S. The molecule has 0 N–H and O–H groups in total. The highest BCUT2D eigenvalue weighted by Gasteiger charge is 2.36. The lowest BCUT2D eigenvalue weighted by atomic mass is 9.98. The summed E-state index contributed by atoms with van der Waals surface area (Å²) < 4.78 is 48.2. The summed E-state index contributed by atoms with van der Waals surface area (Å²) in [5.74, 6) is 0.0707. The highest BCUT2D eigenvalue weighted by Crippen LogP contribution is 2.41. The van der Waals surface area contributed by atoms with E-state index in [9.17, 15) is 22.8 Å². The topological polar surface area (TPSA) is 91.9 Å². The Morgan fingerprint density at radius 3 is 2.54 bits per heavy atom. The fourth-order valence-electron chi connectivity index (χ4n) is 4.72. The Balaban J connectivity index is 1.52. The number of pyridine rings is 1. The van der Waals surface area contributed by atoms with Crippen LogP contribution >= 0.6 is 22.9 Å². The maximum atomic E-state index is 13.4. The Bertz CT molecular complexity index is 1830. The van der Waals surface area contributed by atoms with Gasteiger partial charge in [-0.15, -0.1) is 10.2 Å². The largest absolute Gasteiger partial charge is 0.495 e. The lowest BCUT2D eigenvalue weighted by molar-refractivity contribution is -0.138. The molecule has 0 saturated heterocycles. The van der Waals surface area contributed by atoms with Crippen molar-refractivity contribution >= 4 is 39.6 Å². The van der Waals surface area contributed by atoms with Crippen LogP contribution in [0.1, 0.15) is 30.0 Å². The van der Waals surface area contributed by atoms with Gasteiger partial charge in [0.1, 0.15) is 10.8 Å². The number of rotatable bonds is 8. The molecule has 0 aliphatic rings. The number of methoxy groups -OCH3 is 1. The Hall–Kier alpha value is -4.03. The molecule has 212 valence electrons. The Morgan fingerprint density at radius 1 is 1.07 bits per heavy atom. The molecule has 3 aromatic heterocycles. The summed E-state index contributed by atoms with van der Waals surface area (Å²) in [7, 11) is 3.22. The van der Waals surface area contributed by atoms with Crippen molar-refractivity contribution in [1.29, 1.82) is 0 Å². The van der Waals surface area contributed by atoms with Gasteiger partial charge in [0.05, 0.1) is 24.9 Å². The zero-order valence-electron chi connectivity index (χ0n) is 22.1. The van der Waals surface area contributed by atoms with Crippen LogP contribution in [0.15, 0.2) is 59.7 Å². The highest BCUT2D eigenvalue weighted by atomic mass is 35.5. The fraction of sp³-hybridized carbons (Fsp3) is 0.250. The summed E-state index contributed by atoms with van der Waals surface area (Å²) in [6, 6.07) is 10.6. The minimum atomic E-state index is -4.65. The van der Waals surface area contributed by atoms with E-state index in [1.165, 1.54) is 42.1 Å². The van der Waals surface area contributed by atoms with Crippen molar-refractivity contribution in [3.63, 3.8) is 0 Å². The van der Waals surface area contributed by atoms with Crippen molar-refractivity contribution in [2.24, 2.45) is 7.05 Å². The van der Waals surface area contributed by atoms with Crippen LogP contribution in [-0.4, -0.2) is 37.4 Å². The SMILES string of the molecule is CCC(C(=O)Cc1ccc2nn(C)cc2c1)n1cc(OC)c(-c2cc(Cl)ccc2-c2nnc(C(F)(F)F)s2)cc1=O. The zero-order chi connectivity index (χ0) is 29.5. The van der Waals surface area contributed by atoms with Crippen molar-refractivity contribution in [2.75, 3.05) is 7.11 Å². The van der Waals surface area contributed by atoms with Gasteiger partial charge in [-0.1, -0.05) is 35.9 Å². The average Bonchev–Trinajstić information content (AvgIpc) is 3.56. The van der Waals surface area contributed by atoms with Crippen LogP contribution in [0, 0.1) is 0 Å². The number of hydrogen-bond acceptors (Lipinski definition) is 7. The van der Waals surface area contributed by atoms with Gasteiger partial charge in [-0.3, -0.25) is 14.3 Å². The van der Waals surface area contributed by atoms with E-state index in [2.05, 4.69) is 15.3 Å². The van der Waals surface area contributed by atoms with Gasteiger partial charge in [0.15, 0.2) is 5.78 Å². The third-order valence-electron chi connectivity index (χ3n) is 6.59. The average molecular weight is 602 g/mol. The van der Waals surface area contributed by atoms with Gasteiger partial charge in [-0.25, -0.2) is 0 Å². The molecule has 0 spiro atoms. The molecule has 5 aromatic rings. The lowest BCUT2D eigenvalue weighted by Gasteiger charge is -2.20. The first-order valence-corrected chi connectivity index (χ1v) is 13.6. The Labute approximate surface area is 241 Å². The maximum Gasteiger partial charge on any atom is 0.445 e. The molecule has 0 bridgehead atoms. The number of ether oxygens (including phenoxy) is 1. The second kappa shape index (κ2) is 11.1. The molecule has 0 radical (unpaired) electrons. The normalized spacial score (nSPS) is 12.6. The van der Waals surface area contributed by atoms with Crippen LogP contribution < -0.4 is 10.3 Å². The van der Waals surface area contributed by atoms with Crippen molar-refractivity contribution in [3.05, 3.63) is 80.8 Å². The number of carbonyl (C=O) groups is 1. The van der Waals surface area contributed by atoms with Crippen molar-refractivity contribution < 1.29 is 22.7 Å². The standard InChI is InChI=1S/C28H23ClF3N5O3S/c1-4-22(23(38)10-15-5-8-21-16(9-15)13-36(2)35-21)37-14-24(40-3)20(12-25(37)39)19-11-17(29)6-7-18(19)26-33-34-27(41-26)28(30,31)32/h5-9,11-14,22H,4,10H2,1-3H3. The molecule has 3 heterocycles. The number of aromatic nitrogens is 5. The Kier molecular flexibility index (Phi) is 7.71. The second-order valence-corrected chi connectivity index (χ2v) is 10.8. The number of halogens is 4. The van der Waals surface area contributed by atoms with E-state index in [0.717, 1.165) is 16.5 Å². The summed E-state index contributed by atoms with van der Waals surface area (Å²) in [6.45, 7) is 1.81. The van der Waals surface area contributed by atoms with Gasteiger partial charge in [-0.05, 0) is 47.9 Å². The van der Waals surface area contributed by atoms with Crippen molar-refractivity contribution in [1.82, 2.24) is 24.5 Å². The van der Waals surface area contributed by atoms with Crippen LogP contribution in [0.5, 0.6) is 5.75 Å². The van der Waals surface area contributed by atoms with Crippen LogP contribution in [0.2, 0.25) is 5.02 Å². The highest BCUT2D eigenvalue weighted by molar-refractivity contribution is 7.14. The summed E-state index contributed by atoms with van der Waals surface area (Å²) in [4.78, 5) is 26.8. The molecule has 1 unspecified atom stereocenters. The van der Waals surface area contributed by atoms with E-state index in [1.807, 2.05) is 38.4 Å². The van der Waals surface area contributed by atoms with E-state index in [-0.39, 0.29) is 23.0 Å². The van der Waals surface area contributed by atoms with E-state index in [4.69, 9.17) is 16.3 Å². The van der Waals surface area contributed by atoms with E-state index >= 15 is 0 Å². The van der Waals surface area contributed by atoms with E-state index in [0.29, 0.717) is 39.5 Å².